The summed E-state index contributed by atoms with van der Waals surface area (Å²) in [5, 5.41) is 5.00. The molecule has 2 unspecified atom stereocenters. The molecule has 6 heteroatoms. The molecular formula is C13H26N4O2. The van der Waals surface area contributed by atoms with Crippen LogP contribution in [0.15, 0.2) is 0 Å². The lowest BCUT2D eigenvalue weighted by molar-refractivity contribution is -0.120. The zero-order valence-electron chi connectivity index (χ0n) is 12.1. The quantitative estimate of drug-likeness (QED) is 0.663. The highest BCUT2D eigenvalue weighted by atomic mass is 16.2. The lowest BCUT2D eigenvalue weighted by atomic mass is 10.0. The van der Waals surface area contributed by atoms with Gasteiger partial charge >= 0.3 is 6.03 Å². The van der Waals surface area contributed by atoms with E-state index >= 15 is 0 Å². The van der Waals surface area contributed by atoms with E-state index in [0.29, 0.717) is 18.4 Å². The number of nitrogens with one attached hydrogen (secondary N) is 2. The van der Waals surface area contributed by atoms with Crippen molar-refractivity contribution in [2.24, 2.45) is 17.6 Å². The molecule has 6 nitrogen and oxygen atoms in total. The minimum absolute atomic E-state index is 0.155. The third kappa shape index (κ3) is 6.02. The van der Waals surface area contributed by atoms with Crippen molar-refractivity contribution in [2.75, 3.05) is 26.2 Å². The van der Waals surface area contributed by atoms with Crippen molar-refractivity contribution in [3.8, 4) is 0 Å². The molecular weight excluding hydrogens is 244 g/mol. The van der Waals surface area contributed by atoms with Crippen LogP contribution in [0.3, 0.4) is 0 Å². The number of nitrogens with zero attached hydrogens (tertiary/aromatic N) is 1. The van der Waals surface area contributed by atoms with Gasteiger partial charge in [-0.15, -0.1) is 0 Å². The van der Waals surface area contributed by atoms with Gasteiger partial charge in [0.25, 0.3) is 0 Å². The van der Waals surface area contributed by atoms with Gasteiger partial charge in [0.15, 0.2) is 0 Å². The maximum absolute atomic E-state index is 11.7. The molecule has 1 aliphatic heterocycles. The van der Waals surface area contributed by atoms with Gasteiger partial charge in [-0.25, -0.2) is 4.79 Å². The summed E-state index contributed by atoms with van der Waals surface area (Å²) in [6, 6.07) is -0.260. The fourth-order valence-corrected chi connectivity index (χ4v) is 2.15. The molecule has 0 aromatic rings. The summed E-state index contributed by atoms with van der Waals surface area (Å²) in [6.45, 7) is 8.52. The van der Waals surface area contributed by atoms with Crippen LogP contribution in [0.2, 0.25) is 0 Å². The molecule has 0 aromatic carbocycles. The molecule has 19 heavy (non-hydrogen) atoms. The zero-order valence-corrected chi connectivity index (χ0v) is 12.1. The molecule has 0 bridgehead atoms. The Hall–Kier alpha value is -1.14. The van der Waals surface area contributed by atoms with E-state index in [9.17, 15) is 9.59 Å². The van der Waals surface area contributed by atoms with Gasteiger partial charge in [0.1, 0.15) is 0 Å². The van der Waals surface area contributed by atoms with E-state index in [2.05, 4.69) is 10.6 Å². The summed E-state index contributed by atoms with van der Waals surface area (Å²) < 4.78 is 0. The monoisotopic (exact) mass is 270 g/mol. The van der Waals surface area contributed by atoms with E-state index in [-0.39, 0.29) is 18.5 Å². The summed E-state index contributed by atoms with van der Waals surface area (Å²) in [5.74, 6) is 0.556. The number of rotatable bonds is 5. The van der Waals surface area contributed by atoms with Crippen LogP contribution in [0.25, 0.3) is 0 Å². The number of carbonyl (C=O) groups is 2. The zero-order chi connectivity index (χ0) is 14.4. The van der Waals surface area contributed by atoms with Crippen molar-refractivity contribution in [3.05, 3.63) is 0 Å². The Balaban J connectivity index is 2.23. The summed E-state index contributed by atoms with van der Waals surface area (Å²) in [4.78, 5) is 25.1. The SMILES string of the molecule is CC(C)CNC(=O)NC(=O)CN1CCC(C(C)N)C1. The van der Waals surface area contributed by atoms with Crippen LogP contribution >= 0.6 is 0 Å². The molecule has 1 aliphatic rings. The molecule has 1 heterocycles. The molecule has 0 radical (unpaired) electrons. The van der Waals surface area contributed by atoms with Crippen LogP contribution < -0.4 is 16.4 Å². The predicted molar refractivity (Wildman–Crippen MR) is 74.6 cm³/mol. The summed E-state index contributed by atoms with van der Waals surface area (Å²) in [5.41, 5.74) is 5.85. The van der Waals surface area contributed by atoms with Gasteiger partial charge in [-0.1, -0.05) is 13.8 Å². The normalized spacial score (nSPS) is 21.4. The Morgan fingerprint density at radius 3 is 2.58 bits per heavy atom. The van der Waals surface area contributed by atoms with E-state index in [1.807, 2.05) is 25.7 Å². The Morgan fingerprint density at radius 1 is 1.37 bits per heavy atom. The molecule has 4 N–H and O–H groups in total. The summed E-state index contributed by atoms with van der Waals surface area (Å²) in [7, 11) is 0. The number of hydrogen-bond donors (Lipinski definition) is 3. The number of amides is 3. The fraction of sp³-hybridized carbons (Fsp3) is 0.846. The van der Waals surface area contributed by atoms with E-state index in [1.165, 1.54) is 0 Å². The molecule has 0 aliphatic carbocycles. The van der Waals surface area contributed by atoms with Crippen LogP contribution in [-0.2, 0) is 4.79 Å². The van der Waals surface area contributed by atoms with Crippen molar-refractivity contribution in [1.29, 1.82) is 0 Å². The van der Waals surface area contributed by atoms with Gasteiger partial charge in [-0.2, -0.15) is 0 Å². The highest BCUT2D eigenvalue weighted by Gasteiger charge is 2.26. The molecule has 0 saturated carbocycles. The fourth-order valence-electron chi connectivity index (χ4n) is 2.15. The van der Waals surface area contributed by atoms with Crippen LogP contribution in [0.1, 0.15) is 27.2 Å². The van der Waals surface area contributed by atoms with Crippen molar-refractivity contribution >= 4 is 11.9 Å². The maximum Gasteiger partial charge on any atom is 0.321 e. The molecule has 1 rings (SSSR count). The van der Waals surface area contributed by atoms with Gasteiger partial charge in [0, 0.05) is 19.1 Å². The number of hydrogen-bond acceptors (Lipinski definition) is 4. The predicted octanol–water partition coefficient (Wildman–Crippen LogP) is 0.137. The van der Waals surface area contributed by atoms with Gasteiger partial charge in [0.2, 0.25) is 5.91 Å². The summed E-state index contributed by atoms with van der Waals surface area (Å²) >= 11 is 0. The molecule has 0 aromatic heterocycles. The minimum atomic E-state index is -0.415. The Morgan fingerprint density at radius 2 is 2.05 bits per heavy atom. The van der Waals surface area contributed by atoms with Gasteiger partial charge in [0.05, 0.1) is 6.54 Å². The third-order valence-corrected chi connectivity index (χ3v) is 3.34. The molecule has 0 spiro atoms. The first-order valence-electron chi connectivity index (χ1n) is 6.94. The van der Waals surface area contributed by atoms with E-state index in [4.69, 9.17) is 5.73 Å². The number of urea groups is 1. The van der Waals surface area contributed by atoms with Gasteiger partial charge in [-0.05, 0) is 31.7 Å². The Bertz CT molecular complexity index is 318. The Labute approximate surface area is 115 Å². The molecule has 3 amide bonds. The van der Waals surface area contributed by atoms with Crippen LogP contribution in [0.5, 0.6) is 0 Å². The lowest BCUT2D eigenvalue weighted by Gasteiger charge is -2.17. The average molecular weight is 270 g/mol. The number of likely N-dealkylation sites (tertiary alicyclic amines) is 1. The first-order chi connectivity index (χ1) is 8.88. The molecule has 1 fully saturated rings. The smallest absolute Gasteiger partial charge is 0.321 e. The molecule has 2 atom stereocenters. The van der Waals surface area contributed by atoms with Gasteiger partial charge in [-0.3, -0.25) is 15.0 Å². The topological polar surface area (TPSA) is 87.5 Å². The summed E-state index contributed by atoms with van der Waals surface area (Å²) in [6.07, 6.45) is 1.02. The van der Waals surface area contributed by atoms with Crippen LogP contribution in [0, 0.1) is 11.8 Å². The highest BCUT2D eigenvalue weighted by Crippen LogP contribution is 2.17. The Kier molecular flexibility index (Phi) is 6.24. The minimum Gasteiger partial charge on any atom is -0.338 e. The highest BCUT2D eigenvalue weighted by molar-refractivity contribution is 5.95. The number of carbonyl (C=O) groups excluding carboxylic acids is 2. The van der Waals surface area contributed by atoms with E-state index in [0.717, 1.165) is 19.5 Å². The van der Waals surface area contributed by atoms with E-state index < -0.39 is 6.03 Å². The second-order valence-electron chi connectivity index (χ2n) is 5.80. The molecule has 110 valence electrons. The largest absolute Gasteiger partial charge is 0.338 e. The van der Waals surface area contributed by atoms with Crippen molar-refractivity contribution in [1.82, 2.24) is 15.5 Å². The van der Waals surface area contributed by atoms with Gasteiger partial charge < -0.3 is 11.1 Å². The number of nitrogens with two attached hydrogens (primary N) is 1. The first kappa shape index (κ1) is 15.9. The van der Waals surface area contributed by atoms with Crippen LogP contribution in [0.4, 0.5) is 4.79 Å². The van der Waals surface area contributed by atoms with Crippen molar-refractivity contribution in [3.63, 3.8) is 0 Å². The number of imide groups is 1. The standard InChI is InChI=1S/C13H26N4O2/c1-9(2)6-15-13(19)16-12(18)8-17-5-4-11(7-17)10(3)14/h9-11H,4-8,14H2,1-3H3,(H2,15,16,18,19). The first-order valence-corrected chi connectivity index (χ1v) is 6.94. The van der Waals surface area contributed by atoms with E-state index in [1.54, 1.807) is 0 Å². The maximum atomic E-state index is 11.7. The average Bonchev–Trinajstić information content (AvgIpc) is 2.74. The lowest BCUT2D eigenvalue weighted by Crippen LogP contribution is -2.45. The second-order valence-corrected chi connectivity index (χ2v) is 5.80. The van der Waals surface area contributed by atoms with Crippen molar-refractivity contribution in [2.45, 2.75) is 33.2 Å². The third-order valence-electron chi connectivity index (χ3n) is 3.34. The molecule has 1 saturated heterocycles. The second kappa shape index (κ2) is 7.45. The van der Waals surface area contributed by atoms with Crippen LogP contribution in [-0.4, -0.2) is 49.1 Å². The van der Waals surface area contributed by atoms with Crippen molar-refractivity contribution < 1.29 is 9.59 Å².